The van der Waals surface area contributed by atoms with Gasteiger partial charge in [-0.15, -0.1) is 11.3 Å². The number of benzene rings is 1. The molecule has 1 amide bonds. The van der Waals surface area contributed by atoms with Crippen LogP contribution in [0.15, 0.2) is 30.3 Å². The number of nitrogens with one attached hydrogen (secondary N) is 1. The van der Waals surface area contributed by atoms with E-state index in [0.717, 1.165) is 53.2 Å². The van der Waals surface area contributed by atoms with Gasteiger partial charge in [0.1, 0.15) is 0 Å². The third-order valence-corrected chi connectivity index (χ3v) is 7.10. The van der Waals surface area contributed by atoms with E-state index in [9.17, 15) is 4.79 Å². The molecule has 1 fully saturated rings. The maximum atomic E-state index is 12.5. The van der Waals surface area contributed by atoms with Gasteiger partial charge in [0.15, 0.2) is 0 Å². The van der Waals surface area contributed by atoms with Crippen molar-refractivity contribution in [1.82, 2.24) is 15.1 Å². The number of nitrogens with zero attached hydrogens (tertiary/aromatic N) is 2. The molecule has 3 aromatic rings. The first-order valence-electron chi connectivity index (χ1n) is 9.51. The zero-order valence-corrected chi connectivity index (χ0v) is 18.9. The normalized spacial score (nSPS) is 14.5. The van der Waals surface area contributed by atoms with Gasteiger partial charge in [0.2, 0.25) is 5.91 Å². The Morgan fingerprint density at radius 2 is 1.97 bits per heavy atom. The highest BCUT2D eigenvalue weighted by Gasteiger charge is 2.24. The summed E-state index contributed by atoms with van der Waals surface area (Å²) in [4.78, 5) is 13.4. The van der Waals surface area contributed by atoms with Gasteiger partial charge in [-0.2, -0.15) is 5.10 Å². The zero-order chi connectivity index (χ0) is 20.5. The summed E-state index contributed by atoms with van der Waals surface area (Å²) in [6.45, 7) is 2.39. The van der Waals surface area contributed by atoms with E-state index in [0.29, 0.717) is 20.9 Å². The second kappa shape index (κ2) is 8.68. The van der Waals surface area contributed by atoms with Gasteiger partial charge in [-0.3, -0.25) is 4.79 Å². The number of hydrogen-bond donors (Lipinski definition) is 1. The van der Waals surface area contributed by atoms with Gasteiger partial charge in [0, 0.05) is 16.5 Å². The highest BCUT2D eigenvalue weighted by atomic mass is 35.5. The van der Waals surface area contributed by atoms with E-state index in [-0.39, 0.29) is 11.8 Å². The van der Waals surface area contributed by atoms with Crippen LogP contribution in [0.2, 0.25) is 14.4 Å². The lowest BCUT2D eigenvalue weighted by atomic mass is 10.1. The molecule has 1 saturated carbocycles. The lowest BCUT2D eigenvalue weighted by molar-refractivity contribution is -0.124. The summed E-state index contributed by atoms with van der Waals surface area (Å²) in [5.74, 6) is 0.236. The molecule has 0 radical (unpaired) electrons. The molecule has 4 nitrogen and oxygen atoms in total. The van der Waals surface area contributed by atoms with E-state index in [1.807, 2.05) is 29.8 Å². The number of carbonyl (C=O) groups excluding carboxylic acids is 1. The van der Waals surface area contributed by atoms with Gasteiger partial charge in [0.25, 0.3) is 0 Å². The molecule has 1 aromatic carbocycles. The molecule has 0 unspecified atom stereocenters. The molecule has 0 atom stereocenters. The highest BCUT2D eigenvalue weighted by molar-refractivity contribution is 7.19. The van der Waals surface area contributed by atoms with Crippen LogP contribution in [0.5, 0.6) is 0 Å². The standard InChI is InChI=1S/C21H20Cl3N3OS/c1-12-16(11-25-21(28)13-4-2-3-5-13)26-27(17-7-6-14(22)10-15(17)23)20(12)18-8-9-19(24)29-18/h6-10,13H,2-5,11H2,1H3,(H,25,28). The maximum Gasteiger partial charge on any atom is 0.223 e. The number of thiophene rings is 1. The molecular formula is C21H20Cl3N3OS. The average molecular weight is 469 g/mol. The van der Waals surface area contributed by atoms with E-state index < -0.39 is 0 Å². The Hall–Kier alpha value is -1.53. The predicted octanol–water partition coefficient (Wildman–Crippen LogP) is 6.68. The summed E-state index contributed by atoms with van der Waals surface area (Å²) in [5, 5.41) is 8.92. The summed E-state index contributed by atoms with van der Waals surface area (Å²) in [6.07, 6.45) is 4.20. The number of halogens is 3. The van der Waals surface area contributed by atoms with E-state index in [2.05, 4.69) is 5.32 Å². The first-order chi connectivity index (χ1) is 13.9. The highest BCUT2D eigenvalue weighted by Crippen LogP contribution is 2.37. The monoisotopic (exact) mass is 467 g/mol. The fourth-order valence-electron chi connectivity index (χ4n) is 3.77. The number of amides is 1. The van der Waals surface area contributed by atoms with Crippen LogP contribution in [0.1, 0.15) is 36.9 Å². The molecule has 0 bridgehead atoms. The van der Waals surface area contributed by atoms with Gasteiger partial charge >= 0.3 is 0 Å². The number of rotatable bonds is 5. The quantitative estimate of drug-likeness (QED) is 0.454. The van der Waals surface area contributed by atoms with Gasteiger partial charge in [-0.1, -0.05) is 47.6 Å². The largest absolute Gasteiger partial charge is 0.350 e. The van der Waals surface area contributed by atoms with Crippen molar-refractivity contribution in [3.05, 3.63) is 56.0 Å². The molecule has 1 N–H and O–H groups in total. The van der Waals surface area contributed by atoms with Crippen LogP contribution in [0.25, 0.3) is 16.3 Å². The van der Waals surface area contributed by atoms with Gasteiger partial charge in [0.05, 0.1) is 37.9 Å². The minimum atomic E-state index is 0.113. The lowest BCUT2D eigenvalue weighted by Gasteiger charge is -2.09. The first-order valence-corrected chi connectivity index (χ1v) is 11.5. The number of hydrogen-bond acceptors (Lipinski definition) is 3. The smallest absolute Gasteiger partial charge is 0.223 e. The summed E-state index contributed by atoms with van der Waals surface area (Å²) in [5.41, 5.74) is 3.44. The van der Waals surface area contributed by atoms with Gasteiger partial charge < -0.3 is 5.32 Å². The number of aromatic nitrogens is 2. The third-order valence-electron chi connectivity index (χ3n) is 5.32. The molecule has 4 rings (SSSR count). The maximum absolute atomic E-state index is 12.5. The molecule has 152 valence electrons. The zero-order valence-electron chi connectivity index (χ0n) is 15.8. The van der Waals surface area contributed by atoms with Crippen LogP contribution < -0.4 is 5.32 Å². The molecule has 0 saturated heterocycles. The van der Waals surface area contributed by atoms with Crippen LogP contribution in [-0.4, -0.2) is 15.7 Å². The molecule has 1 aliphatic carbocycles. The Kier molecular flexibility index (Phi) is 6.21. The summed E-state index contributed by atoms with van der Waals surface area (Å²) in [6, 6.07) is 9.16. The molecule has 0 spiro atoms. The van der Waals surface area contributed by atoms with Crippen molar-refractivity contribution in [2.45, 2.75) is 39.2 Å². The Morgan fingerprint density at radius 1 is 1.21 bits per heavy atom. The first kappa shape index (κ1) is 20.7. The summed E-state index contributed by atoms with van der Waals surface area (Å²) >= 11 is 20.2. The number of carbonyl (C=O) groups is 1. The molecule has 1 aliphatic rings. The van der Waals surface area contributed by atoms with Crippen LogP contribution >= 0.6 is 46.1 Å². The third kappa shape index (κ3) is 4.33. The molecule has 29 heavy (non-hydrogen) atoms. The average Bonchev–Trinajstić information content (AvgIpc) is 3.41. The Morgan fingerprint density at radius 3 is 2.62 bits per heavy atom. The Labute approximate surface area is 188 Å². The Bertz CT molecular complexity index is 1050. The molecule has 8 heteroatoms. The van der Waals surface area contributed by atoms with E-state index in [4.69, 9.17) is 39.9 Å². The van der Waals surface area contributed by atoms with Gasteiger partial charge in [-0.25, -0.2) is 4.68 Å². The van der Waals surface area contributed by atoms with Crippen molar-refractivity contribution < 1.29 is 4.79 Å². The van der Waals surface area contributed by atoms with Crippen LogP contribution in [-0.2, 0) is 11.3 Å². The molecular weight excluding hydrogens is 449 g/mol. The van der Waals surface area contributed by atoms with Gasteiger partial charge in [-0.05, 0) is 50.1 Å². The molecule has 2 aromatic heterocycles. The Balaban J connectivity index is 1.71. The topological polar surface area (TPSA) is 46.9 Å². The fourth-order valence-corrected chi connectivity index (χ4v) is 5.39. The van der Waals surface area contributed by atoms with Crippen molar-refractivity contribution in [1.29, 1.82) is 0 Å². The minimum absolute atomic E-state index is 0.113. The van der Waals surface area contributed by atoms with Crippen LogP contribution in [0.4, 0.5) is 0 Å². The van der Waals surface area contributed by atoms with Crippen molar-refractivity contribution in [3.8, 4) is 16.3 Å². The SMILES string of the molecule is Cc1c(CNC(=O)C2CCCC2)nn(-c2ccc(Cl)cc2Cl)c1-c1ccc(Cl)s1. The fraction of sp³-hybridized carbons (Fsp3) is 0.333. The van der Waals surface area contributed by atoms with Crippen molar-refractivity contribution >= 4 is 52.0 Å². The van der Waals surface area contributed by atoms with Crippen LogP contribution in [0.3, 0.4) is 0 Å². The van der Waals surface area contributed by atoms with Crippen LogP contribution in [0, 0.1) is 12.8 Å². The second-order valence-corrected chi connectivity index (χ2v) is 9.79. The van der Waals surface area contributed by atoms with Crippen molar-refractivity contribution in [3.63, 3.8) is 0 Å². The minimum Gasteiger partial charge on any atom is -0.350 e. The van der Waals surface area contributed by atoms with E-state index in [1.165, 1.54) is 11.3 Å². The van der Waals surface area contributed by atoms with Crippen molar-refractivity contribution in [2.24, 2.45) is 5.92 Å². The van der Waals surface area contributed by atoms with E-state index in [1.54, 1.807) is 12.1 Å². The molecule has 2 heterocycles. The second-order valence-electron chi connectivity index (χ2n) is 7.23. The molecule has 0 aliphatic heterocycles. The lowest BCUT2D eigenvalue weighted by Crippen LogP contribution is -2.29. The van der Waals surface area contributed by atoms with Crippen molar-refractivity contribution in [2.75, 3.05) is 0 Å². The summed E-state index contributed by atoms with van der Waals surface area (Å²) < 4.78 is 2.51. The predicted molar refractivity (Wildman–Crippen MR) is 120 cm³/mol. The van der Waals surface area contributed by atoms with E-state index >= 15 is 0 Å². The summed E-state index contributed by atoms with van der Waals surface area (Å²) in [7, 11) is 0.